The van der Waals surface area contributed by atoms with E-state index in [1.54, 1.807) is 12.1 Å². The number of fused-ring (bicyclic) bond motifs is 1. The van der Waals surface area contributed by atoms with Crippen LogP contribution in [-0.2, 0) is 12.8 Å². The molecule has 104 valence electrons. The van der Waals surface area contributed by atoms with Crippen LogP contribution in [0.1, 0.15) is 27.3 Å². The van der Waals surface area contributed by atoms with Crippen molar-refractivity contribution in [2.75, 3.05) is 5.32 Å². The van der Waals surface area contributed by atoms with Gasteiger partial charge in [-0.1, -0.05) is 12.1 Å². The third-order valence-corrected chi connectivity index (χ3v) is 4.35. The molecule has 4 nitrogen and oxygen atoms in total. The predicted octanol–water partition coefficient (Wildman–Crippen LogP) is 2.35. The first-order valence-electron chi connectivity index (χ1n) is 6.43. The van der Waals surface area contributed by atoms with Crippen LogP contribution in [0.4, 0.5) is 9.52 Å². The van der Waals surface area contributed by atoms with E-state index in [9.17, 15) is 9.18 Å². The Bertz CT molecular complexity index is 656. The molecule has 1 aromatic carbocycles. The Kier molecular flexibility index (Phi) is 3.50. The Morgan fingerprint density at radius 1 is 1.45 bits per heavy atom. The summed E-state index contributed by atoms with van der Waals surface area (Å²) in [6.45, 7) is 0. The summed E-state index contributed by atoms with van der Waals surface area (Å²) in [5, 5.41) is 3.17. The topological polar surface area (TPSA) is 68.0 Å². The van der Waals surface area contributed by atoms with Gasteiger partial charge in [-0.15, -0.1) is 11.3 Å². The minimum absolute atomic E-state index is 0.0253. The lowest BCUT2D eigenvalue weighted by molar-refractivity contribution is 0.102. The molecule has 0 fully saturated rings. The fourth-order valence-electron chi connectivity index (χ4n) is 2.26. The van der Waals surface area contributed by atoms with Crippen LogP contribution in [0.15, 0.2) is 24.3 Å². The minimum Gasteiger partial charge on any atom is -0.327 e. The summed E-state index contributed by atoms with van der Waals surface area (Å²) in [6, 6.07) is 6.06. The number of nitrogens with zero attached hydrogens (tertiary/aromatic N) is 1. The molecule has 1 heterocycles. The van der Waals surface area contributed by atoms with E-state index in [4.69, 9.17) is 5.73 Å². The maximum absolute atomic E-state index is 13.5. The summed E-state index contributed by atoms with van der Waals surface area (Å²) in [5.74, 6) is -1.01. The van der Waals surface area contributed by atoms with E-state index < -0.39 is 11.7 Å². The molecule has 3 rings (SSSR count). The molecule has 1 aliphatic rings. The van der Waals surface area contributed by atoms with Crippen LogP contribution in [-0.4, -0.2) is 16.9 Å². The number of aromatic nitrogens is 1. The van der Waals surface area contributed by atoms with Crippen LogP contribution in [0.5, 0.6) is 0 Å². The van der Waals surface area contributed by atoms with Crippen molar-refractivity contribution in [2.24, 2.45) is 5.73 Å². The number of anilines is 1. The Balaban J connectivity index is 1.79. The normalized spacial score (nSPS) is 17.6. The van der Waals surface area contributed by atoms with Gasteiger partial charge in [0.15, 0.2) is 5.13 Å². The molecule has 20 heavy (non-hydrogen) atoms. The molecule has 6 heteroatoms. The number of halogens is 1. The average Bonchev–Trinajstić information content (AvgIpc) is 2.80. The lowest BCUT2D eigenvalue weighted by Gasteiger charge is -2.15. The summed E-state index contributed by atoms with van der Waals surface area (Å²) in [6.07, 6.45) is 2.54. The molecule has 0 aliphatic heterocycles. The van der Waals surface area contributed by atoms with Gasteiger partial charge in [0.25, 0.3) is 5.91 Å². The molecule has 0 unspecified atom stereocenters. The molecule has 0 bridgehead atoms. The van der Waals surface area contributed by atoms with Crippen LogP contribution in [0, 0.1) is 5.82 Å². The van der Waals surface area contributed by atoms with Crippen LogP contribution >= 0.6 is 11.3 Å². The van der Waals surface area contributed by atoms with Gasteiger partial charge >= 0.3 is 0 Å². The standard InChI is InChI=1S/C14H14FN3OS/c15-10-4-2-1-3-9(10)13(19)18-14-17-11-6-5-8(16)7-12(11)20-14/h1-4,8H,5-7,16H2,(H,17,18,19)/t8-/m0/s1. The maximum Gasteiger partial charge on any atom is 0.260 e. The van der Waals surface area contributed by atoms with E-state index >= 15 is 0 Å². The molecule has 1 aliphatic carbocycles. The van der Waals surface area contributed by atoms with Gasteiger partial charge in [-0.3, -0.25) is 10.1 Å². The van der Waals surface area contributed by atoms with Crippen molar-refractivity contribution in [3.8, 4) is 0 Å². The number of carbonyl (C=O) groups excluding carboxylic acids is 1. The van der Waals surface area contributed by atoms with Crippen molar-refractivity contribution < 1.29 is 9.18 Å². The predicted molar refractivity (Wildman–Crippen MR) is 76.5 cm³/mol. The monoisotopic (exact) mass is 291 g/mol. The molecule has 0 saturated carbocycles. The number of nitrogens with two attached hydrogens (primary N) is 1. The second-order valence-electron chi connectivity index (χ2n) is 4.83. The third kappa shape index (κ3) is 2.57. The first kappa shape index (κ1) is 13.2. The van der Waals surface area contributed by atoms with Crippen molar-refractivity contribution >= 4 is 22.4 Å². The fourth-order valence-corrected chi connectivity index (χ4v) is 3.36. The molecule has 3 N–H and O–H groups in total. The van der Waals surface area contributed by atoms with E-state index in [2.05, 4.69) is 10.3 Å². The van der Waals surface area contributed by atoms with Gasteiger partial charge in [0, 0.05) is 10.9 Å². The van der Waals surface area contributed by atoms with Gasteiger partial charge in [0.1, 0.15) is 5.82 Å². The number of carbonyl (C=O) groups is 1. The number of nitrogens with one attached hydrogen (secondary N) is 1. The van der Waals surface area contributed by atoms with E-state index in [1.165, 1.54) is 23.5 Å². The van der Waals surface area contributed by atoms with Gasteiger partial charge in [-0.2, -0.15) is 0 Å². The minimum atomic E-state index is -0.534. The maximum atomic E-state index is 13.5. The van der Waals surface area contributed by atoms with Crippen LogP contribution in [0.3, 0.4) is 0 Å². The molecule has 1 aromatic heterocycles. The van der Waals surface area contributed by atoms with Crippen molar-refractivity contribution in [3.05, 3.63) is 46.2 Å². The molecule has 0 spiro atoms. The van der Waals surface area contributed by atoms with Crippen LogP contribution in [0.25, 0.3) is 0 Å². The fraction of sp³-hybridized carbons (Fsp3) is 0.286. The second-order valence-corrected chi connectivity index (χ2v) is 5.91. The largest absolute Gasteiger partial charge is 0.327 e. The highest BCUT2D eigenvalue weighted by molar-refractivity contribution is 7.15. The lowest BCUT2D eigenvalue weighted by Crippen LogP contribution is -2.27. The Hall–Kier alpha value is -1.79. The summed E-state index contributed by atoms with van der Waals surface area (Å²) >= 11 is 1.42. The third-order valence-electron chi connectivity index (χ3n) is 3.32. The first-order valence-corrected chi connectivity index (χ1v) is 7.25. The van der Waals surface area contributed by atoms with E-state index in [-0.39, 0.29) is 11.6 Å². The van der Waals surface area contributed by atoms with Crippen molar-refractivity contribution in [3.63, 3.8) is 0 Å². The zero-order valence-corrected chi connectivity index (χ0v) is 11.5. The molecular formula is C14H14FN3OS. The van der Waals surface area contributed by atoms with E-state index in [0.29, 0.717) is 5.13 Å². The summed E-state index contributed by atoms with van der Waals surface area (Å²) in [4.78, 5) is 17.5. The number of hydrogen-bond acceptors (Lipinski definition) is 4. The second kappa shape index (κ2) is 5.30. The highest BCUT2D eigenvalue weighted by Crippen LogP contribution is 2.29. The van der Waals surface area contributed by atoms with Crippen molar-refractivity contribution in [2.45, 2.75) is 25.3 Å². The Morgan fingerprint density at radius 2 is 2.25 bits per heavy atom. The quantitative estimate of drug-likeness (QED) is 0.892. The van der Waals surface area contributed by atoms with Gasteiger partial charge in [-0.05, 0) is 31.4 Å². The van der Waals surface area contributed by atoms with Gasteiger partial charge in [0.2, 0.25) is 0 Å². The van der Waals surface area contributed by atoms with E-state index in [1.807, 2.05) is 0 Å². The molecular weight excluding hydrogens is 277 g/mol. The molecule has 1 amide bonds. The van der Waals surface area contributed by atoms with Crippen molar-refractivity contribution in [1.29, 1.82) is 0 Å². The highest BCUT2D eigenvalue weighted by atomic mass is 32.1. The van der Waals surface area contributed by atoms with Crippen LogP contribution in [0.2, 0.25) is 0 Å². The van der Waals surface area contributed by atoms with E-state index in [0.717, 1.165) is 29.8 Å². The summed E-state index contributed by atoms with van der Waals surface area (Å²) in [7, 11) is 0. The molecule has 0 saturated heterocycles. The molecule has 1 atom stereocenters. The number of rotatable bonds is 2. The Morgan fingerprint density at radius 3 is 3.05 bits per heavy atom. The number of aryl methyl sites for hydroxylation is 1. The SMILES string of the molecule is N[C@H]1CCc2nc(NC(=O)c3ccccc3F)sc2C1. The number of benzene rings is 1. The number of hydrogen-bond donors (Lipinski definition) is 2. The first-order chi connectivity index (χ1) is 9.63. The lowest BCUT2D eigenvalue weighted by atomic mass is 9.99. The van der Waals surface area contributed by atoms with Gasteiger partial charge in [-0.25, -0.2) is 9.37 Å². The molecule has 2 aromatic rings. The molecule has 0 radical (unpaired) electrons. The van der Waals surface area contributed by atoms with Gasteiger partial charge in [0.05, 0.1) is 11.3 Å². The Labute approximate surface area is 119 Å². The zero-order chi connectivity index (χ0) is 14.1. The smallest absolute Gasteiger partial charge is 0.260 e. The average molecular weight is 291 g/mol. The van der Waals surface area contributed by atoms with Crippen molar-refractivity contribution in [1.82, 2.24) is 4.98 Å². The summed E-state index contributed by atoms with van der Waals surface area (Å²) in [5.41, 5.74) is 6.94. The number of thiazole rings is 1. The van der Waals surface area contributed by atoms with Gasteiger partial charge < -0.3 is 5.73 Å². The zero-order valence-electron chi connectivity index (χ0n) is 10.7. The number of amides is 1. The highest BCUT2D eigenvalue weighted by Gasteiger charge is 2.21. The van der Waals surface area contributed by atoms with Crippen LogP contribution < -0.4 is 11.1 Å². The summed E-state index contributed by atoms with van der Waals surface area (Å²) < 4.78 is 13.5.